The molecular weight excluding hydrogens is 596 g/mol. The van der Waals surface area contributed by atoms with Crippen LogP contribution in [0.4, 0.5) is 0 Å². The van der Waals surface area contributed by atoms with E-state index in [-0.39, 0.29) is 25.0 Å². The first-order chi connectivity index (χ1) is 22.7. The van der Waals surface area contributed by atoms with Crippen molar-refractivity contribution in [3.05, 3.63) is 23.8 Å². The third kappa shape index (κ3) is 20.3. The molecule has 0 unspecified atom stereocenters. The summed E-state index contributed by atoms with van der Waals surface area (Å²) in [6.45, 7) is 9.92. The van der Waals surface area contributed by atoms with Crippen LogP contribution in [0.3, 0.4) is 0 Å². The molecule has 2 N–H and O–H groups in total. The maximum absolute atomic E-state index is 12.8. The van der Waals surface area contributed by atoms with Gasteiger partial charge in [0.15, 0.2) is 0 Å². The Morgan fingerprint density at radius 1 is 0.745 bits per heavy atom. The van der Waals surface area contributed by atoms with Gasteiger partial charge >= 0.3 is 11.9 Å². The van der Waals surface area contributed by atoms with Gasteiger partial charge in [0.05, 0.1) is 37.5 Å². The average Bonchev–Trinajstić information content (AvgIpc) is 3.05. The third-order valence-corrected chi connectivity index (χ3v) is 8.70. The molecule has 0 spiro atoms. The third-order valence-electron chi connectivity index (χ3n) is 8.70. The molecule has 0 aromatic rings. The highest BCUT2D eigenvalue weighted by Crippen LogP contribution is 2.25. The fraction of sp³-hybridized carbons (Fsp3) is 0.789. The second kappa shape index (κ2) is 27.3. The molecule has 0 aliphatic heterocycles. The number of unbranched alkanes of at least 4 members (excludes halogenated alkanes) is 15. The Labute approximate surface area is 285 Å². The fourth-order valence-corrected chi connectivity index (χ4v) is 5.97. The van der Waals surface area contributed by atoms with Gasteiger partial charge in [0.25, 0.3) is 0 Å². The second-order valence-electron chi connectivity index (χ2n) is 12.8. The minimum absolute atomic E-state index is 0.0885. The Morgan fingerprint density at radius 2 is 1.28 bits per heavy atom. The van der Waals surface area contributed by atoms with Crippen molar-refractivity contribution in [2.75, 3.05) is 13.2 Å². The predicted octanol–water partition coefficient (Wildman–Crippen LogP) is 7.80. The number of esters is 2. The van der Waals surface area contributed by atoms with E-state index in [1.54, 1.807) is 13.0 Å². The quantitative estimate of drug-likeness (QED) is 0.0523. The molecule has 0 radical (unpaired) electrons. The summed E-state index contributed by atoms with van der Waals surface area (Å²) in [4.78, 5) is 49.7. The standard InChI is InChI=1S/C38H66N2O7/c1-6-10-11-12-13-14-15-16-17-18-19-20-21-22-23-24-27-46-36(43)26-25-35(42)40-33-28-31(38(44)45-9-4)29-34(37(33)39-30(5)41)47-32(7-2)8-3/h25-26,29,32-34,37H,6-24,27-28H2,1-5H3,(H,39,41)(H,40,42)/b26-25+/t33-,34-,37+/m0/s1. The second-order valence-corrected chi connectivity index (χ2v) is 12.8. The number of hydrogen-bond acceptors (Lipinski definition) is 7. The molecule has 0 bridgehead atoms. The molecule has 0 aromatic carbocycles. The summed E-state index contributed by atoms with van der Waals surface area (Å²) in [5.74, 6) is -1.88. The van der Waals surface area contributed by atoms with E-state index < -0.39 is 36.0 Å². The molecule has 1 aliphatic carbocycles. The minimum atomic E-state index is -0.652. The SMILES string of the molecule is CCCCCCCCCCCCCCCCCCOC(=O)/C=C/C(=O)N[C@H]1CC(C(=O)OCC)=C[C@H](OC(CC)CC)[C@@H]1NC(C)=O. The summed E-state index contributed by atoms with van der Waals surface area (Å²) in [6.07, 6.45) is 25.3. The van der Waals surface area contributed by atoms with Crippen molar-refractivity contribution < 1.29 is 33.4 Å². The lowest BCUT2D eigenvalue weighted by Crippen LogP contribution is -2.59. The first kappa shape index (κ1) is 42.3. The maximum atomic E-state index is 12.8. The largest absolute Gasteiger partial charge is 0.463 e. The predicted molar refractivity (Wildman–Crippen MR) is 188 cm³/mol. The molecule has 2 amide bonds. The van der Waals surface area contributed by atoms with Crippen LogP contribution in [0.15, 0.2) is 23.8 Å². The molecule has 0 fully saturated rings. The highest BCUT2D eigenvalue weighted by Gasteiger charge is 2.38. The van der Waals surface area contributed by atoms with E-state index in [1.165, 1.54) is 90.4 Å². The van der Waals surface area contributed by atoms with Gasteiger partial charge < -0.3 is 24.8 Å². The monoisotopic (exact) mass is 662 g/mol. The molecule has 0 saturated carbocycles. The van der Waals surface area contributed by atoms with Crippen molar-refractivity contribution in [2.45, 2.75) is 181 Å². The van der Waals surface area contributed by atoms with Gasteiger partial charge in [-0.15, -0.1) is 0 Å². The maximum Gasteiger partial charge on any atom is 0.333 e. The Hall–Kier alpha value is -2.68. The van der Waals surface area contributed by atoms with E-state index >= 15 is 0 Å². The number of ether oxygens (including phenoxy) is 3. The van der Waals surface area contributed by atoms with Crippen LogP contribution in [0.2, 0.25) is 0 Å². The van der Waals surface area contributed by atoms with Gasteiger partial charge in [0.2, 0.25) is 11.8 Å². The average molecular weight is 663 g/mol. The minimum Gasteiger partial charge on any atom is -0.463 e. The van der Waals surface area contributed by atoms with Crippen molar-refractivity contribution in [3.63, 3.8) is 0 Å². The fourth-order valence-electron chi connectivity index (χ4n) is 5.97. The highest BCUT2D eigenvalue weighted by atomic mass is 16.5. The zero-order valence-electron chi connectivity index (χ0n) is 30.2. The summed E-state index contributed by atoms with van der Waals surface area (Å²) < 4.78 is 16.7. The van der Waals surface area contributed by atoms with Crippen LogP contribution in [0.25, 0.3) is 0 Å². The summed E-state index contributed by atoms with van der Waals surface area (Å²) >= 11 is 0. The number of carbonyl (C=O) groups is 4. The number of rotatable bonds is 27. The lowest BCUT2D eigenvalue weighted by molar-refractivity contribution is -0.139. The van der Waals surface area contributed by atoms with E-state index in [2.05, 4.69) is 17.6 Å². The Morgan fingerprint density at radius 3 is 1.77 bits per heavy atom. The van der Waals surface area contributed by atoms with Crippen molar-refractivity contribution in [2.24, 2.45) is 0 Å². The highest BCUT2D eigenvalue weighted by molar-refractivity contribution is 5.95. The topological polar surface area (TPSA) is 120 Å². The van der Waals surface area contributed by atoms with Gasteiger partial charge in [-0.2, -0.15) is 0 Å². The first-order valence-corrected chi connectivity index (χ1v) is 18.7. The van der Waals surface area contributed by atoms with Crippen LogP contribution in [0.5, 0.6) is 0 Å². The summed E-state index contributed by atoms with van der Waals surface area (Å²) in [6, 6.07) is -1.26. The van der Waals surface area contributed by atoms with E-state index in [1.807, 2.05) is 13.8 Å². The first-order valence-electron chi connectivity index (χ1n) is 18.7. The van der Waals surface area contributed by atoms with Crippen LogP contribution in [-0.2, 0) is 33.4 Å². The summed E-state index contributed by atoms with van der Waals surface area (Å²) in [7, 11) is 0. The number of hydrogen-bond donors (Lipinski definition) is 2. The number of carbonyl (C=O) groups excluding carboxylic acids is 4. The molecule has 9 heteroatoms. The molecule has 3 atom stereocenters. The van der Waals surface area contributed by atoms with Crippen molar-refractivity contribution in [1.82, 2.24) is 10.6 Å². The van der Waals surface area contributed by atoms with Crippen LogP contribution in [0.1, 0.15) is 157 Å². The van der Waals surface area contributed by atoms with Crippen LogP contribution >= 0.6 is 0 Å². The summed E-state index contributed by atoms with van der Waals surface area (Å²) in [5, 5.41) is 5.73. The molecule has 0 aromatic heterocycles. The molecule has 0 heterocycles. The lowest BCUT2D eigenvalue weighted by atomic mass is 9.87. The van der Waals surface area contributed by atoms with Gasteiger partial charge in [0, 0.05) is 31.1 Å². The van der Waals surface area contributed by atoms with Gasteiger partial charge in [0.1, 0.15) is 0 Å². The molecule has 9 nitrogen and oxygen atoms in total. The zero-order valence-corrected chi connectivity index (χ0v) is 30.2. The summed E-state index contributed by atoms with van der Waals surface area (Å²) in [5.41, 5.74) is 0.372. The van der Waals surface area contributed by atoms with Crippen LogP contribution in [0, 0.1) is 0 Å². The van der Waals surface area contributed by atoms with Gasteiger partial charge in [-0.05, 0) is 32.3 Å². The van der Waals surface area contributed by atoms with Gasteiger partial charge in [-0.3, -0.25) is 9.59 Å². The van der Waals surface area contributed by atoms with Gasteiger partial charge in [-0.1, -0.05) is 117 Å². The van der Waals surface area contributed by atoms with Crippen molar-refractivity contribution in [1.29, 1.82) is 0 Å². The smallest absolute Gasteiger partial charge is 0.333 e. The molecule has 270 valence electrons. The molecule has 0 saturated heterocycles. The Kier molecular flexibility index (Phi) is 24.6. The van der Waals surface area contributed by atoms with Gasteiger partial charge in [-0.25, -0.2) is 9.59 Å². The zero-order chi connectivity index (χ0) is 34.7. The Bertz CT molecular complexity index is 944. The molecule has 1 rings (SSSR count). The van der Waals surface area contributed by atoms with Crippen molar-refractivity contribution >= 4 is 23.8 Å². The van der Waals surface area contributed by atoms with Crippen LogP contribution in [-0.4, -0.2) is 61.3 Å². The molecule has 47 heavy (non-hydrogen) atoms. The number of nitrogens with one attached hydrogen (secondary N) is 2. The molecular formula is C38H66N2O7. The number of amides is 2. The normalized spacial score (nSPS) is 17.8. The van der Waals surface area contributed by atoms with E-state index in [9.17, 15) is 19.2 Å². The van der Waals surface area contributed by atoms with Crippen molar-refractivity contribution in [3.8, 4) is 0 Å². The lowest BCUT2D eigenvalue weighted by Gasteiger charge is -2.38. The van der Waals surface area contributed by atoms with E-state index in [0.717, 1.165) is 44.3 Å². The molecule has 1 aliphatic rings. The van der Waals surface area contributed by atoms with Crippen LogP contribution < -0.4 is 10.6 Å². The Balaban J connectivity index is 2.39. The van der Waals surface area contributed by atoms with E-state index in [4.69, 9.17) is 14.2 Å². The van der Waals surface area contributed by atoms with E-state index in [0.29, 0.717) is 12.2 Å².